The van der Waals surface area contributed by atoms with Crippen LogP contribution in [0.4, 0.5) is 0 Å². The molecule has 0 bridgehead atoms. The summed E-state index contributed by atoms with van der Waals surface area (Å²) >= 11 is 0. The van der Waals surface area contributed by atoms with Crippen LogP contribution in [-0.2, 0) is 19.1 Å². The first-order valence-electron chi connectivity index (χ1n) is 16.0. The zero-order valence-electron chi connectivity index (χ0n) is 25.9. The highest BCUT2D eigenvalue weighted by atomic mass is 16.6. The SMILES string of the molecule is CC/C=C/C/C=C/C=C/C(O)CCCCCCCC(=O)O[C@@H](CO)COC(=O)CCCCCCCCCC(C)C. The van der Waals surface area contributed by atoms with Crippen LogP contribution in [0.2, 0.25) is 0 Å². The Morgan fingerprint density at radius 2 is 1.30 bits per heavy atom. The predicted molar refractivity (Wildman–Crippen MR) is 165 cm³/mol. The summed E-state index contributed by atoms with van der Waals surface area (Å²) in [5.74, 6) is 0.109. The van der Waals surface area contributed by atoms with Crippen molar-refractivity contribution in [2.75, 3.05) is 13.2 Å². The van der Waals surface area contributed by atoms with Crippen LogP contribution in [0.25, 0.3) is 0 Å². The highest BCUT2D eigenvalue weighted by Crippen LogP contribution is 2.13. The number of carbonyl (C=O) groups is 2. The molecule has 0 aliphatic heterocycles. The smallest absolute Gasteiger partial charge is 0.306 e. The van der Waals surface area contributed by atoms with Gasteiger partial charge in [-0.25, -0.2) is 0 Å². The van der Waals surface area contributed by atoms with Gasteiger partial charge in [-0.2, -0.15) is 0 Å². The second-order valence-corrected chi connectivity index (χ2v) is 11.2. The minimum absolute atomic E-state index is 0.0978. The number of ether oxygens (including phenoxy) is 2. The summed E-state index contributed by atoms with van der Waals surface area (Å²) < 4.78 is 10.5. The molecule has 0 rings (SSSR count). The van der Waals surface area contributed by atoms with E-state index in [-0.39, 0.29) is 31.6 Å². The van der Waals surface area contributed by atoms with Gasteiger partial charge >= 0.3 is 11.9 Å². The second kappa shape index (κ2) is 28.6. The first kappa shape index (κ1) is 38.1. The number of hydrogen-bond acceptors (Lipinski definition) is 6. The van der Waals surface area contributed by atoms with Gasteiger partial charge in [0.05, 0.1) is 12.7 Å². The lowest BCUT2D eigenvalue weighted by molar-refractivity contribution is -0.161. The summed E-state index contributed by atoms with van der Waals surface area (Å²) in [5, 5.41) is 19.5. The molecule has 6 heteroatoms. The van der Waals surface area contributed by atoms with Crippen LogP contribution < -0.4 is 0 Å². The summed E-state index contributed by atoms with van der Waals surface area (Å²) in [6.45, 7) is 6.18. The molecule has 2 N–H and O–H groups in total. The van der Waals surface area contributed by atoms with Gasteiger partial charge in [0, 0.05) is 12.8 Å². The molecule has 40 heavy (non-hydrogen) atoms. The van der Waals surface area contributed by atoms with E-state index in [1.165, 1.54) is 32.1 Å². The molecule has 6 nitrogen and oxygen atoms in total. The van der Waals surface area contributed by atoms with E-state index in [2.05, 4.69) is 39.0 Å². The molecule has 0 amide bonds. The van der Waals surface area contributed by atoms with Gasteiger partial charge in [-0.05, 0) is 38.0 Å². The molecule has 0 aromatic carbocycles. The Balaban J connectivity index is 3.73. The van der Waals surface area contributed by atoms with Crippen molar-refractivity contribution in [1.82, 2.24) is 0 Å². The van der Waals surface area contributed by atoms with Gasteiger partial charge in [0.1, 0.15) is 6.61 Å². The maximum atomic E-state index is 12.1. The monoisotopic (exact) mass is 564 g/mol. The molecule has 0 aliphatic carbocycles. The third kappa shape index (κ3) is 27.6. The van der Waals surface area contributed by atoms with Gasteiger partial charge in [-0.1, -0.05) is 128 Å². The van der Waals surface area contributed by atoms with E-state index in [0.29, 0.717) is 12.8 Å². The Kier molecular flexibility index (Phi) is 27.2. The number of esters is 2. The molecule has 2 atom stereocenters. The summed E-state index contributed by atoms with van der Waals surface area (Å²) in [6, 6.07) is 0. The van der Waals surface area contributed by atoms with Crippen LogP contribution >= 0.6 is 0 Å². The fourth-order valence-electron chi connectivity index (χ4n) is 4.27. The van der Waals surface area contributed by atoms with Gasteiger partial charge in [-0.3, -0.25) is 9.59 Å². The summed E-state index contributed by atoms with van der Waals surface area (Å²) in [6.07, 6.45) is 28.0. The van der Waals surface area contributed by atoms with E-state index in [9.17, 15) is 19.8 Å². The van der Waals surface area contributed by atoms with Crippen LogP contribution in [0.3, 0.4) is 0 Å². The lowest BCUT2D eigenvalue weighted by Gasteiger charge is -2.15. The fraction of sp³-hybridized carbons (Fsp3) is 0.765. The average Bonchev–Trinajstić information content (AvgIpc) is 2.93. The highest BCUT2D eigenvalue weighted by molar-refractivity contribution is 5.70. The minimum Gasteiger partial charge on any atom is -0.462 e. The molecule has 0 radical (unpaired) electrons. The van der Waals surface area contributed by atoms with Gasteiger partial charge < -0.3 is 19.7 Å². The highest BCUT2D eigenvalue weighted by Gasteiger charge is 2.16. The van der Waals surface area contributed by atoms with Crippen LogP contribution in [0.15, 0.2) is 36.5 Å². The number of hydrogen-bond donors (Lipinski definition) is 2. The Bertz CT molecular complexity index is 682. The largest absolute Gasteiger partial charge is 0.462 e. The van der Waals surface area contributed by atoms with Crippen molar-refractivity contribution in [3.8, 4) is 0 Å². The van der Waals surface area contributed by atoms with E-state index >= 15 is 0 Å². The van der Waals surface area contributed by atoms with Crippen molar-refractivity contribution in [2.24, 2.45) is 5.92 Å². The maximum Gasteiger partial charge on any atom is 0.306 e. The molecule has 0 saturated heterocycles. The van der Waals surface area contributed by atoms with Gasteiger partial charge in [-0.15, -0.1) is 0 Å². The molecule has 0 heterocycles. The number of allylic oxidation sites excluding steroid dienone is 5. The van der Waals surface area contributed by atoms with Gasteiger partial charge in [0.15, 0.2) is 6.10 Å². The number of aliphatic hydroxyl groups excluding tert-OH is 2. The predicted octanol–water partition coefficient (Wildman–Crippen LogP) is 8.16. The van der Waals surface area contributed by atoms with E-state index in [1.807, 2.05) is 18.2 Å². The Hall–Kier alpha value is -1.92. The first-order chi connectivity index (χ1) is 19.4. The van der Waals surface area contributed by atoms with Crippen molar-refractivity contribution in [1.29, 1.82) is 0 Å². The first-order valence-corrected chi connectivity index (χ1v) is 16.0. The van der Waals surface area contributed by atoms with E-state index < -0.39 is 12.2 Å². The van der Waals surface area contributed by atoms with E-state index in [0.717, 1.165) is 70.1 Å². The molecular formula is C34H60O6. The lowest BCUT2D eigenvalue weighted by atomic mass is 10.0. The number of aliphatic hydroxyl groups is 2. The number of carbonyl (C=O) groups excluding carboxylic acids is 2. The quantitative estimate of drug-likeness (QED) is 0.0452. The minimum atomic E-state index is -0.806. The van der Waals surface area contributed by atoms with Crippen molar-refractivity contribution in [2.45, 2.75) is 149 Å². The number of rotatable bonds is 27. The van der Waals surface area contributed by atoms with Crippen molar-refractivity contribution >= 4 is 11.9 Å². The third-order valence-electron chi connectivity index (χ3n) is 6.73. The molecule has 232 valence electrons. The molecule has 0 spiro atoms. The fourth-order valence-corrected chi connectivity index (χ4v) is 4.27. The molecular weight excluding hydrogens is 504 g/mol. The molecule has 1 unspecified atom stereocenters. The molecule has 0 aromatic rings. The van der Waals surface area contributed by atoms with Crippen molar-refractivity contribution in [3.63, 3.8) is 0 Å². The summed E-state index contributed by atoms with van der Waals surface area (Å²) in [5.41, 5.74) is 0. The Labute approximate surface area is 245 Å². The third-order valence-corrected chi connectivity index (χ3v) is 6.73. The van der Waals surface area contributed by atoms with Gasteiger partial charge in [0.2, 0.25) is 0 Å². The maximum absolute atomic E-state index is 12.1. The summed E-state index contributed by atoms with van der Waals surface area (Å²) in [7, 11) is 0. The molecule has 0 aliphatic rings. The molecule has 0 fully saturated rings. The van der Waals surface area contributed by atoms with Crippen LogP contribution in [0.5, 0.6) is 0 Å². The Morgan fingerprint density at radius 3 is 1.90 bits per heavy atom. The topological polar surface area (TPSA) is 93.1 Å². The average molecular weight is 565 g/mol. The summed E-state index contributed by atoms with van der Waals surface area (Å²) in [4.78, 5) is 24.0. The second-order valence-electron chi connectivity index (χ2n) is 11.2. The van der Waals surface area contributed by atoms with Crippen molar-refractivity contribution < 1.29 is 29.3 Å². The lowest BCUT2D eigenvalue weighted by Crippen LogP contribution is -2.28. The van der Waals surface area contributed by atoms with Crippen LogP contribution in [-0.4, -0.2) is 47.6 Å². The zero-order valence-corrected chi connectivity index (χ0v) is 25.9. The zero-order chi connectivity index (χ0) is 29.7. The van der Waals surface area contributed by atoms with E-state index in [4.69, 9.17) is 9.47 Å². The van der Waals surface area contributed by atoms with Crippen molar-refractivity contribution in [3.05, 3.63) is 36.5 Å². The van der Waals surface area contributed by atoms with E-state index in [1.54, 1.807) is 0 Å². The van der Waals surface area contributed by atoms with Crippen LogP contribution in [0.1, 0.15) is 136 Å². The number of unbranched alkanes of at least 4 members (excludes halogenated alkanes) is 10. The normalized spacial score (nSPS) is 13.6. The molecule has 0 aromatic heterocycles. The van der Waals surface area contributed by atoms with Gasteiger partial charge in [0.25, 0.3) is 0 Å². The Morgan fingerprint density at radius 1 is 0.725 bits per heavy atom. The van der Waals surface area contributed by atoms with Crippen LogP contribution in [0, 0.1) is 5.92 Å². The molecule has 0 saturated carbocycles. The standard InChI is InChI=1S/C34H60O6/c1-4-5-6-7-9-14-19-24-31(36)25-20-15-12-17-22-27-34(38)40-32(28-35)29-39-33(37)26-21-16-11-8-10-13-18-23-30(2)3/h5-6,9,14,19,24,30-32,35-36H,4,7-8,10-13,15-18,20-23,25-29H2,1-3H3/b6-5+,14-9+,24-19+/t31?,32-/m0/s1.